The molecule has 9 aromatic rings. The molecule has 10 rings (SSSR count). The molecule has 3 aromatic heterocycles. The topological polar surface area (TPSA) is 23.0 Å². The summed E-state index contributed by atoms with van der Waals surface area (Å²) in [6.45, 7) is 0. The Morgan fingerprint density at radius 3 is 2.09 bits per heavy atom. The van der Waals surface area contributed by atoms with Crippen molar-refractivity contribution >= 4 is 60.7 Å². The van der Waals surface area contributed by atoms with E-state index >= 15 is 0 Å². The van der Waals surface area contributed by atoms with Gasteiger partial charge in [0.25, 0.3) is 0 Å². The third-order valence-electron chi connectivity index (χ3n) is 9.56. The van der Waals surface area contributed by atoms with Crippen molar-refractivity contribution in [2.45, 2.75) is 6.42 Å². The lowest BCUT2D eigenvalue weighted by atomic mass is 9.99. The van der Waals surface area contributed by atoms with E-state index in [-0.39, 0.29) is 0 Å². The first-order valence-corrected chi connectivity index (χ1v) is 15.8. The van der Waals surface area contributed by atoms with Crippen molar-refractivity contribution in [3.05, 3.63) is 163 Å². The van der Waals surface area contributed by atoms with E-state index in [0.717, 1.165) is 50.9 Å². The van der Waals surface area contributed by atoms with Crippen molar-refractivity contribution in [3.63, 3.8) is 0 Å². The van der Waals surface area contributed by atoms with E-state index in [2.05, 4.69) is 161 Å². The summed E-state index contributed by atoms with van der Waals surface area (Å²) in [5.41, 5.74) is 12.5. The van der Waals surface area contributed by atoms with Crippen molar-refractivity contribution in [1.82, 2.24) is 9.13 Å². The van der Waals surface area contributed by atoms with Crippen LogP contribution in [-0.2, 0) is 6.42 Å². The predicted molar refractivity (Wildman–Crippen MR) is 192 cm³/mol. The Hall–Kier alpha value is -6.06. The van der Waals surface area contributed by atoms with Crippen LogP contribution in [0.3, 0.4) is 0 Å². The highest BCUT2D eigenvalue weighted by Crippen LogP contribution is 2.42. The zero-order valence-electron chi connectivity index (χ0n) is 25.0. The number of rotatable bonds is 3. The van der Waals surface area contributed by atoms with Gasteiger partial charge in [0.1, 0.15) is 11.2 Å². The third kappa shape index (κ3) is 3.60. The SMILES string of the molecule is C1=CCc2c(n(-c3cc(-c4ccc5c(c4)c4ccccc4n5-c4ccccc4)c4oc5ccccc5c4c3)c3ccccc23)C=C1. The van der Waals surface area contributed by atoms with Gasteiger partial charge in [0.15, 0.2) is 0 Å². The number of hydrogen-bond donors (Lipinski definition) is 0. The average molecular weight is 589 g/mol. The molecule has 216 valence electrons. The number of aromatic nitrogens is 2. The molecule has 0 N–H and O–H groups in total. The molecule has 0 amide bonds. The highest BCUT2D eigenvalue weighted by Gasteiger charge is 2.21. The number of furan rings is 1. The largest absolute Gasteiger partial charge is 0.455 e. The Balaban J connectivity index is 1.29. The number of hydrogen-bond acceptors (Lipinski definition) is 1. The second kappa shape index (κ2) is 9.72. The number of allylic oxidation sites excluding steroid dienone is 3. The van der Waals surface area contributed by atoms with Crippen LogP contribution in [0.2, 0.25) is 0 Å². The van der Waals surface area contributed by atoms with Crippen LogP contribution >= 0.6 is 0 Å². The van der Waals surface area contributed by atoms with Crippen LogP contribution in [0, 0.1) is 0 Å². The Bertz CT molecular complexity index is 2710. The van der Waals surface area contributed by atoms with Crippen molar-refractivity contribution in [3.8, 4) is 22.5 Å². The molecular formula is C43H28N2O. The van der Waals surface area contributed by atoms with E-state index < -0.39 is 0 Å². The number of fused-ring (bicyclic) bond motifs is 9. The standard InChI is InChI=1S/C43H28N2O/c1-3-13-29(14-4-1)44-40-21-11-8-17-33(40)36-25-28(23-24-41(36)44)35-26-30(27-37-34-18-9-12-22-42(34)46-43(35)37)45-38-19-6-2-5-15-31(38)32-16-7-10-20-39(32)45/h1-14,16-27H,15H2. The van der Waals surface area contributed by atoms with Gasteiger partial charge in [-0.2, -0.15) is 0 Å². The molecule has 0 spiro atoms. The first-order chi connectivity index (χ1) is 22.8. The molecule has 0 unspecified atom stereocenters. The molecule has 0 bridgehead atoms. The van der Waals surface area contributed by atoms with E-state index in [1.54, 1.807) is 0 Å². The molecule has 0 saturated carbocycles. The molecule has 0 radical (unpaired) electrons. The molecule has 3 heterocycles. The summed E-state index contributed by atoms with van der Waals surface area (Å²) < 4.78 is 11.5. The molecule has 0 aliphatic heterocycles. The van der Waals surface area contributed by atoms with Crippen LogP contribution < -0.4 is 0 Å². The van der Waals surface area contributed by atoms with E-state index in [9.17, 15) is 0 Å². The number of nitrogens with zero attached hydrogens (tertiary/aromatic N) is 2. The zero-order chi connectivity index (χ0) is 30.2. The van der Waals surface area contributed by atoms with Gasteiger partial charge in [-0.3, -0.25) is 0 Å². The second-order valence-corrected chi connectivity index (χ2v) is 12.1. The Kier molecular flexibility index (Phi) is 5.34. The van der Waals surface area contributed by atoms with Crippen molar-refractivity contribution in [1.29, 1.82) is 0 Å². The fraction of sp³-hybridized carbons (Fsp3) is 0.0233. The van der Waals surface area contributed by atoms with Crippen LogP contribution in [0.1, 0.15) is 11.3 Å². The fourth-order valence-electron chi connectivity index (χ4n) is 7.56. The van der Waals surface area contributed by atoms with E-state index in [4.69, 9.17) is 4.42 Å². The molecule has 46 heavy (non-hydrogen) atoms. The van der Waals surface area contributed by atoms with Crippen molar-refractivity contribution in [2.75, 3.05) is 0 Å². The van der Waals surface area contributed by atoms with Crippen LogP contribution in [-0.4, -0.2) is 9.13 Å². The molecule has 0 saturated heterocycles. The maximum Gasteiger partial charge on any atom is 0.143 e. The Labute approximate surface area is 265 Å². The summed E-state index contributed by atoms with van der Waals surface area (Å²) in [5.74, 6) is 0. The lowest BCUT2D eigenvalue weighted by Crippen LogP contribution is -1.98. The van der Waals surface area contributed by atoms with Crippen molar-refractivity contribution < 1.29 is 4.42 Å². The van der Waals surface area contributed by atoms with Crippen LogP contribution in [0.4, 0.5) is 0 Å². The van der Waals surface area contributed by atoms with Gasteiger partial charge in [-0.25, -0.2) is 0 Å². The molecule has 1 aliphatic carbocycles. The van der Waals surface area contributed by atoms with Gasteiger partial charge in [-0.05, 0) is 78.2 Å². The van der Waals surface area contributed by atoms with Crippen molar-refractivity contribution in [2.24, 2.45) is 0 Å². The summed E-state index contributed by atoms with van der Waals surface area (Å²) in [5, 5.41) is 6.00. The van der Waals surface area contributed by atoms with E-state index in [1.807, 2.05) is 6.07 Å². The summed E-state index contributed by atoms with van der Waals surface area (Å²) in [7, 11) is 0. The lowest BCUT2D eigenvalue weighted by molar-refractivity contribution is 0.670. The summed E-state index contributed by atoms with van der Waals surface area (Å²) in [4.78, 5) is 0. The van der Waals surface area contributed by atoms with E-state index in [1.165, 1.54) is 44.0 Å². The third-order valence-corrected chi connectivity index (χ3v) is 9.56. The molecule has 0 fully saturated rings. The van der Waals surface area contributed by atoms with Crippen LogP contribution in [0.15, 0.2) is 156 Å². The molecule has 3 nitrogen and oxygen atoms in total. The summed E-state index contributed by atoms with van der Waals surface area (Å²) in [6.07, 6.45) is 9.71. The van der Waals surface area contributed by atoms with Gasteiger partial charge >= 0.3 is 0 Å². The smallest absolute Gasteiger partial charge is 0.143 e. The highest BCUT2D eigenvalue weighted by atomic mass is 16.3. The normalized spacial score (nSPS) is 13.0. The van der Waals surface area contributed by atoms with Gasteiger partial charge in [0, 0.05) is 43.9 Å². The highest BCUT2D eigenvalue weighted by molar-refractivity contribution is 6.14. The zero-order valence-corrected chi connectivity index (χ0v) is 25.0. The number of benzene rings is 6. The van der Waals surface area contributed by atoms with E-state index in [0.29, 0.717) is 0 Å². The van der Waals surface area contributed by atoms with Crippen LogP contribution in [0.25, 0.3) is 83.2 Å². The lowest BCUT2D eigenvalue weighted by Gasteiger charge is -2.13. The van der Waals surface area contributed by atoms with Gasteiger partial charge in [0.05, 0.1) is 22.2 Å². The summed E-state index contributed by atoms with van der Waals surface area (Å²) in [6, 6.07) is 48.0. The first-order valence-electron chi connectivity index (χ1n) is 15.8. The minimum Gasteiger partial charge on any atom is -0.455 e. The molecule has 6 aromatic carbocycles. The number of para-hydroxylation sites is 4. The maximum atomic E-state index is 6.67. The molecule has 3 heteroatoms. The molecule has 1 aliphatic rings. The monoisotopic (exact) mass is 588 g/mol. The predicted octanol–water partition coefficient (Wildman–Crippen LogP) is 11.4. The van der Waals surface area contributed by atoms with Gasteiger partial charge in [0.2, 0.25) is 0 Å². The van der Waals surface area contributed by atoms with Gasteiger partial charge in [-0.15, -0.1) is 0 Å². The van der Waals surface area contributed by atoms with Gasteiger partial charge in [-0.1, -0.05) is 97.1 Å². The summed E-state index contributed by atoms with van der Waals surface area (Å²) >= 11 is 0. The average Bonchev–Trinajstić information content (AvgIpc) is 3.68. The Morgan fingerprint density at radius 2 is 1.22 bits per heavy atom. The van der Waals surface area contributed by atoms with Gasteiger partial charge < -0.3 is 13.6 Å². The Morgan fingerprint density at radius 1 is 0.500 bits per heavy atom. The second-order valence-electron chi connectivity index (χ2n) is 12.1. The minimum atomic E-state index is 0.901. The first kappa shape index (κ1) is 25.3. The maximum absolute atomic E-state index is 6.67. The molecule has 0 atom stereocenters. The molecular weight excluding hydrogens is 560 g/mol. The quantitative estimate of drug-likeness (QED) is 0.201. The minimum absolute atomic E-state index is 0.901. The fourth-order valence-corrected chi connectivity index (χ4v) is 7.56. The van der Waals surface area contributed by atoms with Crippen LogP contribution in [0.5, 0.6) is 0 Å².